The Labute approximate surface area is 243 Å². The second-order valence-electron chi connectivity index (χ2n) is 11.2. The molecule has 42 heavy (non-hydrogen) atoms. The number of piperidine rings is 1. The van der Waals surface area contributed by atoms with Gasteiger partial charge in [-0.05, 0) is 74.7 Å². The van der Waals surface area contributed by atoms with Crippen LogP contribution in [-0.4, -0.2) is 61.4 Å². The zero-order valence-electron chi connectivity index (χ0n) is 23.8. The zero-order valence-corrected chi connectivity index (χ0v) is 23.8. The first-order chi connectivity index (χ1) is 20.0. The molecule has 0 saturated carbocycles. The average molecular weight is 587 g/mol. The third-order valence-electron chi connectivity index (χ3n) is 7.89. The van der Waals surface area contributed by atoms with Crippen LogP contribution in [0.2, 0.25) is 0 Å². The number of rotatable bonds is 4. The van der Waals surface area contributed by atoms with Gasteiger partial charge < -0.3 is 20.7 Å². The van der Waals surface area contributed by atoms with Crippen LogP contribution in [0.3, 0.4) is 0 Å². The minimum Gasteiger partial charge on any atom is -0.491 e. The number of carbonyl (C=O) groups excluding carboxylic acids is 3. The minimum absolute atomic E-state index is 0.0580. The van der Waals surface area contributed by atoms with Gasteiger partial charge in [-0.2, -0.15) is 13.2 Å². The fourth-order valence-corrected chi connectivity index (χ4v) is 5.13. The van der Waals surface area contributed by atoms with Gasteiger partial charge in [-0.25, -0.2) is 0 Å². The quantitative estimate of drug-likeness (QED) is 0.454. The molecule has 3 amide bonds. The molecular weight excluding hydrogens is 549 g/mol. The average Bonchev–Trinajstić information content (AvgIpc) is 2.95. The van der Waals surface area contributed by atoms with Crippen molar-refractivity contribution in [3.8, 4) is 5.75 Å². The Morgan fingerprint density at radius 1 is 1.07 bits per heavy atom. The molecular formula is C31H37F3N4O4. The second-order valence-corrected chi connectivity index (χ2v) is 11.2. The van der Waals surface area contributed by atoms with Gasteiger partial charge in [0.25, 0.3) is 5.91 Å². The van der Waals surface area contributed by atoms with Crippen LogP contribution in [-0.2, 0) is 15.8 Å². The standard InChI is InChI=1S/C31H37F3N4O4/c1-21(2)25-20-42-26-8-4-3-7-24(26)28(40)35-16-6-5-13-30(29(41)37-25)14-17-38(18-15-30)19-27(39)36-23-11-9-22(10-12-23)31(32,33)34/h3-12,21,25H,13-20H2,1-2H3,(H,35,40)(H,36,39)(H,37,41)/b6-5+/t25-/m0/s1. The van der Waals surface area contributed by atoms with Crippen molar-refractivity contribution in [1.29, 1.82) is 0 Å². The van der Waals surface area contributed by atoms with Crippen molar-refractivity contribution in [2.45, 2.75) is 45.3 Å². The lowest BCUT2D eigenvalue weighted by molar-refractivity contribution is -0.137. The van der Waals surface area contributed by atoms with Crippen molar-refractivity contribution in [1.82, 2.24) is 15.5 Å². The summed E-state index contributed by atoms with van der Waals surface area (Å²) in [6.07, 6.45) is 0.816. The number of benzene rings is 2. The Hall–Kier alpha value is -3.86. The number of para-hydroxylation sites is 1. The summed E-state index contributed by atoms with van der Waals surface area (Å²) >= 11 is 0. The molecule has 226 valence electrons. The summed E-state index contributed by atoms with van der Waals surface area (Å²) < 4.78 is 44.5. The lowest BCUT2D eigenvalue weighted by Gasteiger charge is -2.41. The molecule has 2 aliphatic rings. The molecule has 1 atom stereocenters. The van der Waals surface area contributed by atoms with Crippen LogP contribution >= 0.6 is 0 Å². The van der Waals surface area contributed by atoms with Crippen molar-refractivity contribution in [2.75, 3.05) is 38.1 Å². The number of ether oxygens (including phenoxy) is 1. The van der Waals surface area contributed by atoms with Crippen molar-refractivity contribution >= 4 is 23.4 Å². The van der Waals surface area contributed by atoms with E-state index in [-0.39, 0.29) is 48.5 Å². The van der Waals surface area contributed by atoms with Crippen LogP contribution in [0.5, 0.6) is 5.75 Å². The van der Waals surface area contributed by atoms with Crippen LogP contribution in [0.1, 0.15) is 49.0 Å². The van der Waals surface area contributed by atoms with Gasteiger partial charge in [0.05, 0.1) is 29.1 Å². The maximum atomic E-state index is 13.8. The number of anilines is 1. The predicted octanol–water partition coefficient (Wildman–Crippen LogP) is 4.64. The summed E-state index contributed by atoms with van der Waals surface area (Å²) in [4.78, 5) is 41.1. The molecule has 4 rings (SSSR count). The van der Waals surface area contributed by atoms with E-state index in [1.165, 1.54) is 12.1 Å². The van der Waals surface area contributed by atoms with E-state index in [1.54, 1.807) is 24.3 Å². The van der Waals surface area contributed by atoms with Gasteiger partial charge in [0.2, 0.25) is 11.8 Å². The number of nitrogens with zero attached hydrogens (tertiary/aromatic N) is 1. The van der Waals surface area contributed by atoms with E-state index in [4.69, 9.17) is 4.74 Å². The zero-order chi connectivity index (χ0) is 30.3. The smallest absolute Gasteiger partial charge is 0.416 e. The molecule has 3 N–H and O–H groups in total. The van der Waals surface area contributed by atoms with Crippen LogP contribution in [0.4, 0.5) is 18.9 Å². The summed E-state index contributed by atoms with van der Waals surface area (Å²) in [6, 6.07) is 11.0. The van der Waals surface area contributed by atoms with E-state index in [1.807, 2.05) is 30.9 Å². The lowest BCUT2D eigenvalue weighted by atomic mass is 9.74. The normalized spacial score (nSPS) is 21.0. The first kappa shape index (κ1) is 31.1. The van der Waals surface area contributed by atoms with Crippen LogP contribution in [0.15, 0.2) is 60.7 Å². The molecule has 8 nitrogen and oxygen atoms in total. The number of carbonyl (C=O) groups is 3. The van der Waals surface area contributed by atoms with E-state index >= 15 is 0 Å². The molecule has 2 aromatic rings. The third-order valence-corrected chi connectivity index (χ3v) is 7.89. The summed E-state index contributed by atoms with van der Waals surface area (Å²) in [5.74, 6) is -0.125. The maximum absolute atomic E-state index is 13.8. The van der Waals surface area contributed by atoms with Gasteiger partial charge in [-0.15, -0.1) is 0 Å². The highest BCUT2D eigenvalue weighted by Gasteiger charge is 2.41. The van der Waals surface area contributed by atoms with Crippen molar-refractivity contribution in [3.05, 3.63) is 71.8 Å². The Balaban J connectivity index is 1.41. The van der Waals surface area contributed by atoms with Gasteiger partial charge in [-0.3, -0.25) is 19.3 Å². The molecule has 0 unspecified atom stereocenters. The van der Waals surface area contributed by atoms with E-state index < -0.39 is 17.2 Å². The van der Waals surface area contributed by atoms with Crippen molar-refractivity contribution < 1.29 is 32.3 Å². The Bertz CT molecular complexity index is 1290. The van der Waals surface area contributed by atoms with Crippen LogP contribution in [0, 0.1) is 11.3 Å². The van der Waals surface area contributed by atoms with Crippen molar-refractivity contribution in [3.63, 3.8) is 0 Å². The Morgan fingerprint density at radius 2 is 1.76 bits per heavy atom. The third kappa shape index (κ3) is 7.90. The second kappa shape index (κ2) is 13.4. The topological polar surface area (TPSA) is 99.8 Å². The molecule has 0 aromatic heterocycles. The van der Waals surface area contributed by atoms with E-state index in [0.717, 1.165) is 12.1 Å². The SMILES string of the molecule is CC(C)[C@@H]1COc2ccccc2C(=O)NC/C=C/CC2(CCN(CC(=O)Nc3ccc(C(F)(F)F)cc3)CC2)C(=O)N1. The molecule has 0 aliphatic carbocycles. The fourth-order valence-electron chi connectivity index (χ4n) is 5.13. The molecule has 2 aliphatic heterocycles. The number of fused-ring (bicyclic) bond motifs is 1. The number of hydrogen-bond acceptors (Lipinski definition) is 5. The van der Waals surface area contributed by atoms with Gasteiger partial charge in [0.15, 0.2) is 0 Å². The molecule has 1 fully saturated rings. The number of halogens is 3. The van der Waals surface area contributed by atoms with E-state index in [9.17, 15) is 27.6 Å². The van der Waals surface area contributed by atoms with E-state index in [2.05, 4.69) is 16.0 Å². The molecule has 0 bridgehead atoms. The summed E-state index contributed by atoms with van der Waals surface area (Å²) in [5, 5.41) is 8.72. The van der Waals surface area contributed by atoms with Gasteiger partial charge in [0, 0.05) is 12.2 Å². The lowest BCUT2D eigenvalue weighted by Crippen LogP contribution is -2.54. The minimum atomic E-state index is -4.44. The highest BCUT2D eigenvalue weighted by atomic mass is 19.4. The molecule has 11 heteroatoms. The summed E-state index contributed by atoms with van der Waals surface area (Å²) in [6.45, 7) is 5.55. The van der Waals surface area contributed by atoms with E-state index in [0.29, 0.717) is 50.2 Å². The Morgan fingerprint density at radius 3 is 2.43 bits per heavy atom. The maximum Gasteiger partial charge on any atom is 0.416 e. The highest BCUT2D eigenvalue weighted by Crippen LogP contribution is 2.36. The monoisotopic (exact) mass is 586 g/mol. The number of alkyl halides is 3. The number of likely N-dealkylation sites (tertiary alicyclic amines) is 1. The molecule has 0 radical (unpaired) electrons. The predicted molar refractivity (Wildman–Crippen MR) is 153 cm³/mol. The first-order valence-electron chi connectivity index (χ1n) is 14.1. The Kier molecular flexibility index (Phi) is 9.93. The van der Waals surface area contributed by atoms with Gasteiger partial charge >= 0.3 is 6.18 Å². The first-order valence-corrected chi connectivity index (χ1v) is 14.1. The number of amides is 3. The highest BCUT2D eigenvalue weighted by molar-refractivity contribution is 5.97. The molecule has 2 heterocycles. The largest absolute Gasteiger partial charge is 0.491 e. The van der Waals surface area contributed by atoms with Crippen LogP contribution < -0.4 is 20.7 Å². The van der Waals surface area contributed by atoms with Crippen LogP contribution in [0.25, 0.3) is 0 Å². The summed E-state index contributed by atoms with van der Waals surface area (Å²) in [7, 11) is 0. The summed E-state index contributed by atoms with van der Waals surface area (Å²) in [5.41, 5.74) is -0.761. The van der Waals surface area contributed by atoms with Crippen molar-refractivity contribution in [2.24, 2.45) is 11.3 Å². The molecule has 1 saturated heterocycles. The number of allylic oxidation sites excluding steroid dienone is 1. The number of nitrogens with one attached hydrogen (secondary N) is 3. The molecule has 2 aromatic carbocycles. The van der Waals surface area contributed by atoms with Gasteiger partial charge in [-0.1, -0.05) is 38.1 Å². The van der Waals surface area contributed by atoms with Gasteiger partial charge in [0.1, 0.15) is 12.4 Å². The molecule has 1 spiro atoms. The fraction of sp³-hybridized carbons (Fsp3) is 0.452. The number of hydrogen-bond donors (Lipinski definition) is 3.